The first kappa shape index (κ1) is 26.6. The Morgan fingerprint density at radius 1 is 0.975 bits per heavy atom. The van der Waals surface area contributed by atoms with E-state index in [1.807, 2.05) is 6.92 Å². The van der Waals surface area contributed by atoms with E-state index in [4.69, 9.17) is 4.74 Å². The molecule has 0 unspecified atom stereocenters. The zero-order valence-corrected chi connectivity index (χ0v) is 23.2. The molecule has 40 heavy (non-hydrogen) atoms. The Balaban J connectivity index is 1.37. The lowest BCUT2D eigenvalue weighted by Gasteiger charge is -2.46. The van der Waals surface area contributed by atoms with E-state index in [9.17, 15) is 27.9 Å². The number of amides is 3. The summed E-state index contributed by atoms with van der Waals surface area (Å²) < 4.78 is 34.3. The highest BCUT2D eigenvalue weighted by Gasteiger charge is 2.70. The summed E-state index contributed by atoms with van der Waals surface area (Å²) in [6.07, 6.45) is -1.33. The number of imide groups is 1. The van der Waals surface area contributed by atoms with Crippen LogP contribution in [0.3, 0.4) is 0 Å². The number of nitrogens with zero attached hydrogens (tertiary/aromatic N) is 2. The minimum absolute atomic E-state index is 0.0288. The fourth-order valence-corrected chi connectivity index (χ4v) is 8.22. The molecule has 1 aromatic heterocycles. The molecule has 2 saturated heterocycles. The largest absolute Gasteiger partial charge is 0.438 e. The minimum atomic E-state index is -4.10. The van der Waals surface area contributed by atoms with Crippen molar-refractivity contribution in [3.05, 3.63) is 77.7 Å². The van der Waals surface area contributed by atoms with E-state index < -0.39 is 57.5 Å². The van der Waals surface area contributed by atoms with Gasteiger partial charge in [0.1, 0.15) is 5.60 Å². The van der Waals surface area contributed by atoms with Gasteiger partial charge in [0.05, 0.1) is 34.0 Å². The topological polar surface area (TPSA) is 133 Å². The van der Waals surface area contributed by atoms with Crippen LogP contribution in [-0.2, 0) is 24.3 Å². The Hall–Kier alpha value is -3.58. The first-order chi connectivity index (χ1) is 19.0. The molecule has 6 rings (SSSR count). The Bertz CT molecular complexity index is 1580. The van der Waals surface area contributed by atoms with Crippen molar-refractivity contribution in [2.45, 2.75) is 35.9 Å². The molecule has 3 heterocycles. The van der Waals surface area contributed by atoms with E-state index in [1.54, 1.807) is 60.0 Å². The van der Waals surface area contributed by atoms with Crippen molar-refractivity contribution in [2.24, 2.45) is 11.8 Å². The summed E-state index contributed by atoms with van der Waals surface area (Å²) in [6, 6.07) is 18.2. The first-order valence-electron chi connectivity index (χ1n) is 12.8. The summed E-state index contributed by atoms with van der Waals surface area (Å²) in [5.41, 5.74) is -2.39. The molecule has 10 nitrogen and oxygen atoms in total. The number of thiophene rings is 1. The Labute approximate surface area is 235 Å². The predicted molar refractivity (Wildman–Crippen MR) is 147 cm³/mol. The molecule has 3 aromatic rings. The molecular weight excluding hydrogens is 554 g/mol. The second kappa shape index (κ2) is 9.51. The van der Waals surface area contributed by atoms with Crippen LogP contribution in [0.25, 0.3) is 0 Å². The number of benzene rings is 2. The van der Waals surface area contributed by atoms with Crippen LogP contribution in [0.5, 0.6) is 0 Å². The van der Waals surface area contributed by atoms with Crippen molar-refractivity contribution in [1.29, 1.82) is 0 Å². The van der Waals surface area contributed by atoms with Crippen LogP contribution in [0.1, 0.15) is 18.4 Å². The van der Waals surface area contributed by atoms with Gasteiger partial charge in [-0.15, -0.1) is 11.3 Å². The summed E-state index contributed by atoms with van der Waals surface area (Å²) in [7, 11) is -4.10. The summed E-state index contributed by atoms with van der Waals surface area (Å²) in [6.45, 7) is 1.07. The van der Waals surface area contributed by atoms with Crippen molar-refractivity contribution < 1.29 is 32.6 Å². The molecular formula is C28H27N3O7S2. The van der Waals surface area contributed by atoms with E-state index in [0.717, 1.165) is 14.8 Å². The number of ether oxygens (including phenoxy) is 1. The van der Waals surface area contributed by atoms with Gasteiger partial charge in [-0.1, -0.05) is 35.9 Å². The molecule has 4 atom stereocenters. The molecule has 2 aromatic carbocycles. The maximum Gasteiger partial charge on any atom is 0.412 e. The number of hydrogen-bond donors (Lipinski definition) is 2. The van der Waals surface area contributed by atoms with Gasteiger partial charge in [0.2, 0.25) is 21.8 Å². The van der Waals surface area contributed by atoms with Gasteiger partial charge in [0, 0.05) is 13.0 Å². The van der Waals surface area contributed by atoms with Gasteiger partial charge in [-0.3, -0.25) is 19.8 Å². The van der Waals surface area contributed by atoms with Crippen LogP contribution < -0.4 is 10.2 Å². The number of carbonyl (C=O) groups is 3. The van der Waals surface area contributed by atoms with Crippen LogP contribution >= 0.6 is 11.3 Å². The van der Waals surface area contributed by atoms with Gasteiger partial charge < -0.3 is 9.84 Å². The number of hydrogen-bond acceptors (Lipinski definition) is 8. The number of rotatable bonds is 5. The molecule has 208 valence electrons. The van der Waals surface area contributed by atoms with E-state index in [2.05, 4.69) is 5.32 Å². The average molecular weight is 582 g/mol. The summed E-state index contributed by atoms with van der Waals surface area (Å²) in [5.74, 6) is -2.72. The molecule has 0 radical (unpaired) electrons. The normalized spacial score (nSPS) is 28.3. The second-order valence-electron chi connectivity index (χ2n) is 10.6. The summed E-state index contributed by atoms with van der Waals surface area (Å²) in [4.78, 5) is 41.3. The summed E-state index contributed by atoms with van der Waals surface area (Å²) >= 11 is 1.27. The number of β-amino-alcohol motifs (C(OH)–C–C–N with tert-alkyl or cyclic N) is 1. The van der Waals surface area contributed by atoms with Crippen LogP contribution in [0.15, 0.2) is 77.0 Å². The molecule has 0 spiro atoms. The molecule has 1 aliphatic carbocycles. The van der Waals surface area contributed by atoms with Gasteiger partial charge in [0.25, 0.3) is 0 Å². The van der Waals surface area contributed by atoms with E-state index in [1.165, 1.54) is 23.5 Å². The Morgan fingerprint density at radius 2 is 1.65 bits per heavy atom. The molecule has 3 fully saturated rings. The number of nitrogens with one attached hydrogen (secondary N) is 1. The number of sulfonamides is 1. The highest BCUT2D eigenvalue weighted by atomic mass is 32.2. The third kappa shape index (κ3) is 4.22. The highest BCUT2D eigenvalue weighted by molar-refractivity contribution is 7.89. The Morgan fingerprint density at radius 3 is 2.30 bits per heavy atom. The monoisotopic (exact) mass is 581 g/mol. The lowest BCUT2D eigenvalue weighted by Crippen LogP contribution is -2.62. The molecule has 0 bridgehead atoms. The smallest absolute Gasteiger partial charge is 0.412 e. The minimum Gasteiger partial charge on any atom is -0.438 e. The predicted octanol–water partition coefficient (Wildman–Crippen LogP) is 3.38. The zero-order valence-electron chi connectivity index (χ0n) is 21.5. The molecule has 2 aliphatic heterocycles. The van der Waals surface area contributed by atoms with Crippen molar-refractivity contribution in [3.8, 4) is 0 Å². The average Bonchev–Trinajstić information content (AvgIpc) is 3.59. The molecule has 3 aliphatic rings. The summed E-state index contributed by atoms with van der Waals surface area (Å²) in [5, 5.41) is 17.0. The third-order valence-electron chi connectivity index (χ3n) is 8.09. The number of fused-ring (bicyclic) bond motifs is 2. The molecule has 1 saturated carbocycles. The van der Waals surface area contributed by atoms with Gasteiger partial charge in [-0.05, 0) is 55.1 Å². The van der Waals surface area contributed by atoms with Crippen molar-refractivity contribution in [2.75, 3.05) is 23.3 Å². The highest BCUT2D eigenvalue weighted by Crippen LogP contribution is 2.54. The maximum atomic E-state index is 13.6. The van der Waals surface area contributed by atoms with Crippen molar-refractivity contribution >= 4 is 50.0 Å². The fourth-order valence-electron chi connectivity index (χ4n) is 6.07. The van der Waals surface area contributed by atoms with E-state index >= 15 is 0 Å². The lowest BCUT2D eigenvalue weighted by atomic mass is 9.65. The van der Waals surface area contributed by atoms with Crippen LogP contribution in [0, 0.1) is 18.8 Å². The van der Waals surface area contributed by atoms with Crippen molar-refractivity contribution in [3.63, 3.8) is 0 Å². The van der Waals surface area contributed by atoms with Gasteiger partial charge in [-0.25, -0.2) is 13.2 Å². The van der Waals surface area contributed by atoms with Crippen LogP contribution in [0.4, 0.5) is 15.5 Å². The quantitative estimate of drug-likeness (QED) is 0.442. The Kier molecular flexibility index (Phi) is 6.33. The maximum absolute atomic E-state index is 13.6. The number of para-hydroxylation sites is 1. The standard InChI is InChI=1S/C28H27N3O7S2/c1-18-9-11-20(12-10-18)40(36,37)30-16-27(35)14-21-22(25(33)31(24(21)32)19-6-3-2-4-7-19)15-28(27,17-30)38-26(34)29-23-8-5-13-39-23/h2-13,21-22,35H,14-17H2,1H3,(H,29,34)/t21-,22+,27+,28-/m0/s1. The number of anilines is 2. The number of carbonyl (C=O) groups excluding carboxylic acids is 3. The van der Waals surface area contributed by atoms with Crippen molar-refractivity contribution in [1.82, 2.24) is 4.31 Å². The second-order valence-corrected chi connectivity index (χ2v) is 13.5. The van der Waals surface area contributed by atoms with Gasteiger partial charge >= 0.3 is 6.09 Å². The molecule has 12 heteroatoms. The van der Waals surface area contributed by atoms with Gasteiger partial charge in [-0.2, -0.15) is 4.31 Å². The number of aryl methyl sites for hydroxylation is 1. The van der Waals surface area contributed by atoms with Gasteiger partial charge in [0.15, 0.2) is 5.60 Å². The van der Waals surface area contributed by atoms with Crippen LogP contribution in [0.2, 0.25) is 0 Å². The SMILES string of the molecule is Cc1ccc(S(=O)(=O)N2C[C@]3(O)C[C@@H]4C(=O)N(c5ccccc5)C(=O)[C@@H]4C[C@]3(OC(=O)Nc3cccs3)C2)cc1. The number of aliphatic hydroxyl groups is 1. The van der Waals surface area contributed by atoms with E-state index in [0.29, 0.717) is 10.7 Å². The fraction of sp³-hybridized carbons (Fsp3) is 0.321. The zero-order chi connectivity index (χ0) is 28.3. The van der Waals surface area contributed by atoms with E-state index in [-0.39, 0.29) is 24.3 Å². The third-order valence-corrected chi connectivity index (χ3v) is 10.7. The lowest BCUT2D eigenvalue weighted by molar-refractivity contribution is -0.168. The molecule has 2 N–H and O–H groups in total. The molecule has 3 amide bonds. The first-order valence-corrected chi connectivity index (χ1v) is 15.1. The van der Waals surface area contributed by atoms with Crippen LogP contribution in [-0.4, -0.2) is 60.0 Å².